The first-order valence-electron chi connectivity index (χ1n) is 7.21. The molecular formula is C15H17ClN2O4. The first kappa shape index (κ1) is 15.0. The van der Waals surface area contributed by atoms with Crippen LogP contribution in [0, 0.1) is 0 Å². The van der Waals surface area contributed by atoms with E-state index in [4.69, 9.17) is 21.1 Å². The molecular weight excluding hydrogens is 308 g/mol. The first-order chi connectivity index (χ1) is 10.6. The molecule has 0 aromatic heterocycles. The molecule has 1 N–H and O–H groups in total. The van der Waals surface area contributed by atoms with Crippen LogP contribution in [0.1, 0.15) is 12.5 Å². The molecule has 2 amide bonds. The Morgan fingerprint density at radius 1 is 1.41 bits per heavy atom. The minimum Gasteiger partial charge on any atom is -0.486 e. The SMILES string of the molecule is CC1C(=O)NCCN1C(=O)Cc1cc(Cl)c2c(c1)OCCO2. The molecule has 1 fully saturated rings. The molecule has 2 aliphatic heterocycles. The smallest absolute Gasteiger partial charge is 0.242 e. The van der Waals surface area contributed by atoms with Crippen molar-refractivity contribution in [3.63, 3.8) is 0 Å². The van der Waals surface area contributed by atoms with E-state index >= 15 is 0 Å². The van der Waals surface area contributed by atoms with Crippen molar-refractivity contribution in [3.8, 4) is 11.5 Å². The van der Waals surface area contributed by atoms with Gasteiger partial charge in [0, 0.05) is 13.1 Å². The van der Waals surface area contributed by atoms with E-state index in [2.05, 4.69) is 5.32 Å². The van der Waals surface area contributed by atoms with Crippen molar-refractivity contribution in [1.82, 2.24) is 10.2 Å². The lowest BCUT2D eigenvalue weighted by atomic mass is 10.1. The number of hydrogen-bond acceptors (Lipinski definition) is 4. The highest BCUT2D eigenvalue weighted by atomic mass is 35.5. The number of hydrogen-bond donors (Lipinski definition) is 1. The lowest BCUT2D eigenvalue weighted by Crippen LogP contribution is -2.56. The molecule has 1 aromatic rings. The average molecular weight is 325 g/mol. The van der Waals surface area contributed by atoms with Crippen LogP contribution in [0.2, 0.25) is 5.02 Å². The largest absolute Gasteiger partial charge is 0.486 e. The summed E-state index contributed by atoms with van der Waals surface area (Å²) in [5.41, 5.74) is 0.748. The summed E-state index contributed by atoms with van der Waals surface area (Å²) in [6.07, 6.45) is 0.175. The number of fused-ring (bicyclic) bond motifs is 1. The maximum atomic E-state index is 12.4. The van der Waals surface area contributed by atoms with Crippen LogP contribution >= 0.6 is 11.6 Å². The van der Waals surface area contributed by atoms with Gasteiger partial charge in [-0.2, -0.15) is 0 Å². The molecule has 1 saturated heterocycles. The standard InChI is InChI=1S/C15H17ClN2O4/c1-9-15(20)17-2-3-18(9)13(19)8-10-6-11(16)14-12(7-10)21-4-5-22-14/h6-7,9H,2-5,8H2,1H3,(H,17,20). The summed E-state index contributed by atoms with van der Waals surface area (Å²) in [5.74, 6) is 0.857. The summed E-state index contributed by atoms with van der Waals surface area (Å²) in [5, 5.41) is 3.17. The van der Waals surface area contributed by atoms with E-state index < -0.39 is 6.04 Å². The van der Waals surface area contributed by atoms with Crippen molar-refractivity contribution >= 4 is 23.4 Å². The summed E-state index contributed by atoms with van der Waals surface area (Å²) in [6.45, 7) is 3.65. The third kappa shape index (κ3) is 2.83. The lowest BCUT2D eigenvalue weighted by molar-refractivity contribution is -0.142. The minimum absolute atomic E-state index is 0.102. The summed E-state index contributed by atoms with van der Waals surface area (Å²) in [4.78, 5) is 25.7. The zero-order valence-corrected chi connectivity index (χ0v) is 13.0. The summed E-state index contributed by atoms with van der Waals surface area (Å²) in [6, 6.07) is 3.03. The number of nitrogens with one attached hydrogen (secondary N) is 1. The molecule has 118 valence electrons. The fourth-order valence-electron chi connectivity index (χ4n) is 2.67. The average Bonchev–Trinajstić information content (AvgIpc) is 2.50. The van der Waals surface area contributed by atoms with E-state index in [0.717, 1.165) is 5.56 Å². The minimum atomic E-state index is -0.450. The van der Waals surface area contributed by atoms with E-state index in [9.17, 15) is 9.59 Å². The van der Waals surface area contributed by atoms with Gasteiger partial charge >= 0.3 is 0 Å². The van der Waals surface area contributed by atoms with Crippen molar-refractivity contribution in [2.24, 2.45) is 0 Å². The number of carbonyl (C=O) groups excluding carboxylic acids is 2. The third-order valence-electron chi connectivity index (χ3n) is 3.83. The number of rotatable bonds is 2. The molecule has 1 atom stereocenters. The van der Waals surface area contributed by atoms with Gasteiger partial charge in [0.15, 0.2) is 11.5 Å². The Morgan fingerprint density at radius 2 is 2.18 bits per heavy atom. The van der Waals surface area contributed by atoms with Gasteiger partial charge in [0.05, 0.1) is 11.4 Å². The van der Waals surface area contributed by atoms with Gasteiger partial charge in [0.1, 0.15) is 19.3 Å². The van der Waals surface area contributed by atoms with Gasteiger partial charge in [-0.3, -0.25) is 9.59 Å². The first-order valence-corrected chi connectivity index (χ1v) is 7.59. The summed E-state index contributed by atoms with van der Waals surface area (Å²) in [7, 11) is 0. The number of carbonyl (C=O) groups is 2. The molecule has 22 heavy (non-hydrogen) atoms. The molecule has 0 saturated carbocycles. The quantitative estimate of drug-likeness (QED) is 0.881. The predicted molar refractivity (Wildman–Crippen MR) is 80.3 cm³/mol. The van der Waals surface area contributed by atoms with E-state index in [1.165, 1.54) is 0 Å². The number of benzene rings is 1. The Balaban J connectivity index is 1.76. The Kier molecular flexibility index (Phi) is 4.11. The van der Waals surface area contributed by atoms with E-state index in [0.29, 0.717) is 42.8 Å². The maximum absolute atomic E-state index is 12.4. The number of piperazine rings is 1. The second kappa shape index (κ2) is 6.04. The van der Waals surface area contributed by atoms with Gasteiger partial charge in [-0.1, -0.05) is 11.6 Å². The van der Waals surface area contributed by atoms with E-state index in [1.54, 1.807) is 24.0 Å². The van der Waals surface area contributed by atoms with Crippen LogP contribution in [-0.2, 0) is 16.0 Å². The molecule has 0 aliphatic carbocycles. The Morgan fingerprint density at radius 3 is 3.00 bits per heavy atom. The molecule has 2 heterocycles. The monoisotopic (exact) mass is 324 g/mol. The molecule has 3 rings (SSSR count). The zero-order chi connectivity index (χ0) is 15.7. The highest BCUT2D eigenvalue weighted by Crippen LogP contribution is 2.38. The van der Waals surface area contributed by atoms with Gasteiger partial charge in [-0.05, 0) is 24.6 Å². The van der Waals surface area contributed by atoms with Gasteiger partial charge in [-0.15, -0.1) is 0 Å². The Hall–Kier alpha value is -1.95. The van der Waals surface area contributed by atoms with Crippen LogP contribution in [0.4, 0.5) is 0 Å². The zero-order valence-electron chi connectivity index (χ0n) is 12.2. The fraction of sp³-hybridized carbons (Fsp3) is 0.467. The van der Waals surface area contributed by atoms with Gasteiger partial charge in [0.25, 0.3) is 0 Å². The number of ether oxygens (including phenoxy) is 2. The van der Waals surface area contributed by atoms with Crippen molar-refractivity contribution < 1.29 is 19.1 Å². The van der Waals surface area contributed by atoms with Crippen LogP contribution in [0.25, 0.3) is 0 Å². The highest BCUT2D eigenvalue weighted by molar-refractivity contribution is 6.32. The molecule has 0 bridgehead atoms. The second-order valence-electron chi connectivity index (χ2n) is 5.33. The van der Waals surface area contributed by atoms with Crippen molar-refractivity contribution in [2.75, 3.05) is 26.3 Å². The van der Waals surface area contributed by atoms with Gasteiger partial charge < -0.3 is 19.7 Å². The normalized spacial score (nSPS) is 20.5. The van der Waals surface area contributed by atoms with Crippen LogP contribution in [-0.4, -0.2) is 49.1 Å². The molecule has 7 heteroatoms. The molecule has 0 radical (unpaired) electrons. The summed E-state index contributed by atoms with van der Waals surface area (Å²) < 4.78 is 11.0. The van der Waals surface area contributed by atoms with Crippen LogP contribution in [0.5, 0.6) is 11.5 Å². The lowest BCUT2D eigenvalue weighted by Gasteiger charge is -2.33. The number of nitrogens with zero attached hydrogens (tertiary/aromatic N) is 1. The molecule has 0 spiro atoms. The predicted octanol–water partition coefficient (Wildman–Crippen LogP) is 1.00. The molecule has 1 aromatic carbocycles. The Bertz CT molecular complexity index is 620. The topological polar surface area (TPSA) is 67.9 Å². The van der Waals surface area contributed by atoms with Gasteiger partial charge in [-0.25, -0.2) is 0 Å². The molecule has 2 aliphatic rings. The third-order valence-corrected chi connectivity index (χ3v) is 4.11. The van der Waals surface area contributed by atoms with Crippen LogP contribution < -0.4 is 14.8 Å². The maximum Gasteiger partial charge on any atom is 0.242 e. The summed E-state index contributed by atoms with van der Waals surface area (Å²) >= 11 is 6.17. The van der Waals surface area contributed by atoms with Crippen molar-refractivity contribution in [1.29, 1.82) is 0 Å². The highest BCUT2D eigenvalue weighted by Gasteiger charge is 2.29. The second-order valence-corrected chi connectivity index (χ2v) is 5.74. The van der Waals surface area contributed by atoms with Crippen LogP contribution in [0.3, 0.4) is 0 Å². The van der Waals surface area contributed by atoms with Crippen molar-refractivity contribution in [3.05, 3.63) is 22.7 Å². The Labute approximate surface area is 133 Å². The molecule has 1 unspecified atom stereocenters. The van der Waals surface area contributed by atoms with E-state index in [-0.39, 0.29) is 18.2 Å². The van der Waals surface area contributed by atoms with Crippen molar-refractivity contribution in [2.45, 2.75) is 19.4 Å². The fourth-order valence-corrected chi connectivity index (χ4v) is 2.95. The van der Waals surface area contributed by atoms with E-state index in [1.807, 2.05) is 0 Å². The van der Waals surface area contributed by atoms with Crippen LogP contribution in [0.15, 0.2) is 12.1 Å². The number of halogens is 1. The van der Waals surface area contributed by atoms with Gasteiger partial charge in [0.2, 0.25) is 11.8 Å². The number of amides is 2. The molecule has 6 nitrogen and oxygen atoms in total.